The number of rotatable bonds is 3. The number of pyridine rings is 1. The molecule has 4 heteroatoms. The van der Waals surface area contributed by atoms with Crippen molar-refractivity contribution in [3.05, 3.63) is 71.1 Å². The largest absolute Gasteiger partial charge is 0.380 e. The first-order valence-corrected chi connectivity index (χ1v) is 6.63. The number of nitrogens with one attached hydrogen (secondary N) is 1. The maximum Gasteiger partial charge on any atom is 0.129 e. The normalized spacial score (nSPS) is 10.7. The van der Waals surface area contributed by atoms with Crippen LogP contribution in [0.5, 0.6) is 0 Å². The predicted molar refractivity (Wildman–Crippen MR) is 80.5 cm³/mol. The number of anilines is 1. The summed E-state index contributed by atoms with van der Waals surface area (Å²) in [7, 11) is 0. The van der Waals surface area contributed by atoms with E-state index in [-0.39, 0.29) is 5.82 Å². The lowest BCUT2D eigenvalue weighted by molar-refractivity contribution is 0.613. The average molecular weight is 287 g/mol. The first-order valence-electron chi connectivity index (χ1n) is 6.25. The summed E-state index contributed by atoms with van der Waals surface area (Å²) < 4.78 is 13.7. The lowest BCUT2D eigenvalue weighted by Crippen LogP contribution is -2.02. The van der Waals surface area contributed by atoms with Gasteiger partial charge in [0.25, 0.3) is 0 Å². The summed E-state index contributed by atoms with van der Waals surface area (Å²) in [5, 5.41) is 4.66. The quantitative estimate of drug-likeness (QED) is 0.759. The minimum Gasteiger partial charge on any atom is -0.380 e. The van der Waals surface area contributed by atoms with E-state index in [1.165, 1.54) is 6.07 Å². The number of aromatic nitrogens is 1. The second kappa shape index (κ2) is 5.47. The molecule has 0 bridgehead atoms. The first kappa shape index (κ1) is 12.9. The van der Waals surface area contributed by atoms with E-state index in [2.05, 4.69) is 10.3 Å². The summed E-state index contributed by atoms with van der Waals surface area (Å²) in [6.45, 7) is 0.400. The molecule has 1 aromatic heterocycles. The molecular weight excluding hydrogens is 275 g/mol. The van der Waals surface area contributed by atoms with Gasteiger partial charge >= 0.3 is 0 Å². The van der Waals surface area contributed by atoms with Crippen LogP contribution in [0.25, 0.3) is 10.9 Å². The standard InChI is InChI=1S/C16H12ClFN2/c17-12-7-6-11(14(18)9-12)10-20-16-5-1-4-15-13(16)3-2-8-19-15/h1-9,20H,10H2. The second-order valence-electron chi connectivity index (χ2n) is 4.46. The molecule has 0 atom stereocenters. The molecule has 0 fully saturated rings. The highest BCUT2D eigenvalue weighted by Crippen LogP contribution is 2.22. The van der Waals surface area contributed by atoms with Crippen molar-refractivity contribution in [3.63, 3.8) is 0 Å². The summed E-state index contributed by atoms with van der Waals surface area (Å²) in [6, 6.07) is 14.4. The number of fused-ring (bicyclic) bond motifs is 1. The van der Waals surface area contributed by atoms with Crippen LogP contribution in [0, 0.1) is 5.82 Å². The van der Waals surface area contributed by atoms with Crippen LogP contribution in [0.15, 0.2) is 54.7 Å². The van der Waals surface area contributed by atoms with Crippen molar-refractivity contribution in [1.29, 1.82) is 0 Å². The van der Waals surface area contributed by atoms with Crippen LogP contribution in [0.4, 0.5) is 10.1 Å². The van der Waals surface area contributed by atoms with E-state index in [1.54, 1.807) is 18.3 Å². The molecule has 0 spiro atoms. The third-order valence-corrected chi connectivity index (χ3v) is 3.37. The predicted octanol–water partition coefficient (Wildman–Crippen LogP) is 4.64. The smallest absolute Gasteiger partial charge is 0.129 e. The molecule has 3 rings (SSSR count). The van der Waals surface area contributed by atoms with Crippen LogP contribution in [0.1, 0.15) is 5.56 Å². The number of hydrogen-bond acceptors (Lipinski definition) is 2. The summed E-state index contributed by atoms with van der Waals surface area (Å²) in [5.41, 5.74) is 2.43. The van der Waals surface area contributed by atoms with Gasteiger partial charge in [-0.15, -0.1) is 0 Å². The molecule has 0 aliphatic heterocycles. The minimum atomic E-state index is -0.302. The van der Waals surface area contributed by atoms with Crippen LogP contribution in [-0.4, -0.2) is 4.98 Å². The van der Waals surface area contributed by atoms with Crippen LogP contribution in [-0.2, 0) is 6.54 Å². The molecule has 0 radical (unpaired) electrons. The molecule has 2 nitrogen and oxygen atoms in total. The Balaban J connectivity index is 1.87. The Kier molecular flexibility index (Phi) is 3.52. The molecule has 1 heterocycles. The van der Waals surface area contributed by atoms with Crippen molar-refractivity contribution in [2.75, 3.05) is 5.32 Å². The van der Waals surface area contributed by atoms with Gasteiger partial charge in [-0.3, -0.25) is 4.98 Å². The number of hydrogen-bond donors (Lipinski definition) is 1. The summed E-state index contributed by atoms with van der Waals surface area (Å²) in [5.74, 6) is -0.302. The van der Waals surface area contributed by atoms with Gasteiger partial charge in [0.1, 0.15) is 5.82 Å². The van der Waals surface area contributed by atoms with Crippen molar-refractivity contribution in [2.45, 2.75) is 6.54 Å². The maximum absolute atomic E-state index is 13.7. The number of benzene rings is 2. The van der Waals surface area contributed by atoms with Crippen molar-refractivity contribution in [3.8, 4) is 0 Å². The zero-order valence-corrected chi connectivity index (χ0v) is 11.4. The zero-order valence-electron chi connectivity index (χ0n) is 10.6. The topological polar surface area (TPSA) is 24.9 Å². The fraction of sp³-hybridized carbons (Fsp3) is 0.0625. The zero-order chi connectivity index (χ0) is 13.9. The van der Waals surface area contributed by atoms with Crippen molar-refractivity contribution < 1.29 is 4.39 Å². The molecule has 0 amide bonds. The fourth-order valence-corrected chi connectivity index (χ4v) is 2.27. The average Bonchev–Trinajstić information content (AvgIpc) is 2.46. The van der Waals surface area contributed by atoms with Gasteiger partial charge in [-0.05, 0) is 36.4 Å². The summed E-state index contributed by atoms with van der Waals surface area (Å²) in [4.78, 5) is 4.29. The van der Waals surface area contributed by atoms with E-state index >= 15 is 0 Å². The molecule has 0 aliphatic carbocycles. The van der Waals surface area contributed by atoms with Gasteiger partial charge < -0.3 is 5.32 Å². The Hall–Kier alpha value is -2.13. The molecule has 20 heavy (non-hydrogen) atoms. The maximum atomic E-state index is 13.7. The highest BCUT2D eigenvalue weighted by atomic mass is 35.5. The highest BCUT2D eigenvalue weighted by Gasteiger charge is 2.04. The van der Waals surface area contributed by atoms with E-state index < -0.39 is 0 Å². The van der Waals surface area contributed by atoms with Gasteiger partial charge in [0.05, 0.1) is 5.52 Å². The second-order valence-corrected chi connectivity index (χ2v) is 4.90. The summed E-state index contributed by atoms with van der Waals surface area (Å²) >= 11 is 5.74. The fourth-order valence-electron chi connectivity index (χ4n) is 2.11. The summed E-state index contributed by atoms with van der Waals surface area (Å²) in [6.07, 6.45) is 1.75. The first-order chi connectivity index (χ1) is 9.74. The van der Waals surface area contributed by atoms with E-state index in [0.717, 1.165) is 16.6 Å². The number of halogens is 2. The molecule has 2 aromatic carbocycles. The Morgan fingerprint density at radius 3 is 2.85 bits per heavy atom. The SMILES string of the molecule is Fc1cc(Cl)ccc1CNc1cccc2ncccc12. The Morgan fingerprint density at radius 2 is 2.00 bits per heavy atom. The van der Waals surface area contributed by atoms with E-state index in [9.17, 15) is 4.39 Å². The number of nitrogens with zero attached hydrogens (tertiary/aromatic N) is 1. The van der Waals surface area contributed by atoms with Crippen molar-refractivity contribution in [1.82, 2.24) is 4.98 Å². The lowest BCUT2D eigenvalue weighted by Gasteiger charge is -2.10. The van der Waals surface area contributed by atoms with Gasteiger partial charge in [0, 0.05) is 34.4 Å². The molecule has 0 unspecified atom stereocenters. The van der Waals surface area contributed by atoms with Gasteiger partial charge in [-0.1, -0.05) is 23.7 Å². The molecule has 0 saturated carbocycles. The molecule has 0 saturated heterocycles. The van der Waals surface area contributed by atoms with Crippen molar-refractivity contribution >= 4 is 28.2 Å². The minimum absolute atomic E-state index is 0.302. The Labute approximate surface area is 121 Å². The van der Waals surface area contributed by atoms with Gasteiger partial charge in [0.15, 0.2) is 0 Å². The van der Waals surface area contributed by atoms with Gasteiger partial charge in [-0.2, -0.15) is 0 Å². The van der Waals surface area contributed by atoms with Crippen LogP contribution in [0.2, 0.25) is 5.02 Å². The van der Waals surface area contributed by atoms with Crippen molar-refractivity contribution in [2.24, 2.45) is 0 Å². The molecule has 1 N–H and O–H groups in total. The Bertz CT molecular complexity index is 753. The third kappa shape index (κ3) is 2.58. The van der Waals surface area contributed by atoms with Gasteiger partial charge in [0.2, 0.25) is 0 Å². The third-order valence-electron chi connectivity index (χ3n) is 3.13. The van der Waals surface area contributed by atoms with Gasteiger partial charge in [-0.25, -0.2) is 4.39 Å². The van der Waals surface area contributed by atoms with Crippen LogP contribution >= 0.6 is 11.6 Å². The molecule has 3 aromatic rings. The lowest BCUT2D eigenvalue weighted by atomic mass is 10.1. The van der Waals surface area contributed by atoms with Crippen LogP contribution < -0.4 is 5.32 Å². The van der Waals surface area contributed by atoms with Crippen LogP contribution in [0.3, 0.4) is 0 Å². The van der Waals surface area contributed by atoms with E-state index in [0.29, 0.717) is 17.1 Å². The Morgan fingerprint density at radius 1 is 1.10 bits per heavy atom. The monoisotopic (exact) mass is 286 g/mol. The van der Waals surface area contributed by atoms with E-state index in [1.807, 2.05) is 30.3 Å². The molecular formula is C16H12ClFN2. The highest BCUT2D eigenvalue weighted by molar-refractivity contribution is 6.30. The van der Waals surface area contributed by atoms with E-state index in [4.69, 9.17) is 11.6 Å². The molecule has 0 aliphatic rings. The molecule has 100 valence electrons.